The van der Waals surface area contributed by atoms with Gasteiger partial charge in [0, 0.05) is 19.6 Å². The first-order valence-electron chi connectivity index (χ1n) is 3.03. The van der Waals surface area contributed by atoms with Gasteiger partial charge in [-0.05, 0) is 0 Å². The molecule has 1 saturated heterocycles. The normalized spacial score (nSPS) is 23.7. The fourth-order valence-corrected chi connectivity index (χ4v) is 0.854. The third-order valence-electron chi connectivity index (χ3n) is 1.38. The summed E-state index contributed by atoms with van der Waals surface area (Å²) in [4.78, 5) is 0. The van der Waals surface area contributed by atoms with Crippen molar-refractivity contribution in [2.24, 2.45) is 0 Å². The molecule has 70 valence electrons. The van der Waals surface area contributed by atoms with E-state index in [9.17, 15) is 8.78 Å². The van der Waals surface area contributed by atoms with Crippen LogP contribution >= 0.6 is 24.8 Å². The summed E-state index contributed by atoms with van der Waals surface area (Å²) in [5, 5.41) is 5.58. The molecule has 0 aromatic heterocycles. The predicted molar refractivity (Wildman–Crippen MR) is 45.2 cm³/mol. The van der Waals surface area contributed by atoms with E-state index in [-0.39, 0.29) is 24.8 Å². The Balaban J connectivity index is 0. The summed E-state index contributed by atoms with van der Waals surface area (Å²) in [6.07, 6.45) is -2.24. The van der Waals surface area contributed by atoms with Gasteiger partial charge in [0.05, 0.1) is 6.04 Å². The van der Waals surface area contributed by atoms with Crippen LogP contribution in [0.5, 0.6) is 0 Å². The molecule has 6 heteroatoms. The number of nitrogens with one attached hydrogen (secondary N) is 2. The molecule has 0 aliphatic carbocycles. The van der Waals surface area contributed by atoms with Crippen molar-refractivity contribution in [2.75, 3.05) is 19.6 Å². The molecule has 0 radical (unpaired) electrons. The molecular formula is C5H12Cl2F2N2. The summed E-state index contributed by atoms with van der Waals surface area (Å²) < 4.78 is 23.6. The van der Waals surface area contributed by atoms with Crippen LogP contribution < -0.4 is 10.6 Å². The van der Waals surface area contributed by atoms with E-state index < -0.39 is 12.5 Å². The van der Waals surface area contributed by atoms with Crippen molar-refractivity contribution in [1.82, 2.24) is 10.6 Å². The fourth-order valence-electron chi connectivity index (χ4n) is 0.854. The number of alkyl halides is 2. The van der Waals surface area contributed by atoms with Gasteiger partial charge in [-0.3, -0.25) is 0 Å². The Kier molecular flexibility index (Phi) is 8.90. The maximum Gasteiger partial charge on any atom is 0.254 e. The van der Waals surface area contributed by atoms with Crippen LogP contribution in [0, 0.1) is 0 Å². The smallest absolute Gasteiger partial charge is 0.254 e. The van der Waals surface area contributed by atoms with Gasteiger partial charge in [0.25, 0.3) is 6.43 Å². The molecule has 0 aromatic rings. The SMILES string of the molecule is Cl.Cl.FC(F)[C@H]1CNCCN1. The molecule has 1 aliphatic rings. The highest BCUT2D eigenvalue weighted by atomic mass is 35.5. The standard InChI is InChI=1S/C5H10F2N2.2ClH/c6-5(7)4-3-8-1-2-9-4;;/h4-5,8-9H,1-3H2;2*1H/t4-;;/m1../s1. The van der Waals surface area contributed by atoms with Crippen molar-refractivity contribution in [1.29, 1.82) is 0 Å². The summed E-state index contributed by atoms with van der Waals surface area (Å²) in [6.45, 7) is 1.83. The number of hydrogen-bond acceptors (Lipinski definition) is 2. The molecule has 1 fully saturated rings. The largest absolute Gasteiger partial charge is 0.314 e. The lowest BCUT2D eigenvalue weighted by Crippen LogP contribution is -2.51. The van der Waals surface area contributed by atoms with Crippen LogP contribution in [0.4, 0.5) is 8.78 Å². The summed E-state index contributed by atoms with van der Waals surface area (Å²) in [5.74, 6) is 0. The number of hydrogen-bond donors (Lipinski definition) is 2. The van der Waals surface area contributed by atoms with Crippen molar-refractivity contribution in [3.05, 3.63) is 0 Å². The van der Waals surface area contributed by atoms with Crippen LogP contribution in [-0.4, -0.2) is 32.1 Å². The summed E-state index contributed by atoms with van der Waals surface area (Å²) in [7, 11) is 0. The van der Waals surface area contributed by atoms with Crippen molar-refractivity contribution < 1.29 is 8.78 Å². The molecule has 0 aromatic carbocycles. The van der Waals surface area contributed by atoms with E-state index in [1.165, 1.54) is 0 Å². The molecular weight excluding hydrogens is 197 g/mol. The van der Waals surface area contributed by atoms with Crippen LogP contribution in [0.3, 0.4) is 0 Å². The second-order valence-electron chi connectivity index (χ2n) is 2.10. The van der Waals surface area contributed by atoms with E-state index in [1.807, 2.05) is 0 Å². The van der Waals surface area contributed by atoms with Gasteiger partial charge in [0.2, 0.25) is 0 Å². The van der Waals surface area contributed by atoms with Crippen molar-refractivity contribution in [2.45, 2.75) is 12.5 Å². The monoisotopic (exact) mass is 208 g/mol. The van der Waals surface area contributed by atoms with E-state index >= 15 is 0 Å². The average molecular weight is 209 g/mol. The lowest BCUT2D eigenvalue weighted by molar-refractivity contribution is 0.0911. The highest BCUT2D eigenvalue weighted by Gasteiger charge is 2.20. The average Bonchev–Trinajstić information content (AvgIpc) is 1.90. The third kappa shape index (κ3) is 4.74. The first-order valence-corrected chi connectivity index (χ1v) is 3.03. The number of halogens is 4. The van der Waals surface area contributed by atoms with E-state index in [4.69, 9.17) is 0 Å². The minimum absolute atomic E-state index is 0. The molecule has 0 unspecified atom stereocenters. The van der Waals surface area contributed by atoms with Gasteiger partial charge in [-0.1, -0.05) is 0 Å². The summed E-state index contributed by atoms with van der Waals surface area (Å²) in [5.41, 5.74) is 0. The molecule has 0 bridgehead atoms. The van der Waals surface area contributed by atoms with Gasteiger partial charge in [0.1, 0.15) is 0 Å². The molecule has 2 nitrogen and oxygen atoms in total. The Bertz CT molecular complexity index is 88.6. The second kappa shape index (κ2) is 7.03. The molecule has 0 saturated carbocycles. The highest BCUT2D eigenvalue weighted by Crippen LogP contribution is 2.00. The maximum atomic E-state index is 11.8. The van der Waals surface area contributed by atoms with Crippen molar-refractivity contribution >= 4 is 24.8 Å². The third-order valence-corrected chi connectivity index (χ3v) is 1.38. The van der Waals surface area contributed by atoms with Crippen LogP contribution in [-0.2, 0) is 0 Å². The Labute approximate surface area is 76.9 Å². The zero-order chi connectivity index (χ0) is 6.69. The zero-order valence-electron chi connectivity index (χ0n) is 5.85. The van der Waals surface area contributed by atoms with Gasteiger partial charge in [-0.15, -0.1) is 24.8 Å². The summed E-state index contributed by atoms with van der Waals surface area (Å²) in [6, 6.07) is -0.640. The minimum Gasteiger partial charge on any atom is -0.314 e. The highest BCUT2D eigenvalue weighted by molar-refractivity contribution is 5.85. The van der Waals surface area contributed by atoms with E-state index in [1.54, 1.807) is 0 Å². The zero-order valence-corrected chi connectivity index (χ0v) is 7.48. The Morgan fingerprint density at radius 3 is 2.09 bits per heavy atom. The van der Waals surface area contributed by atoms with E-state index in [2.05, 4.69) is 10.6 Å². The quantitative estimate of drug-likeness (QED) is 0.662. The molecule has 0 spiro atoms. The number of piperazine rings is 1. The van der Waals surface area contributed by atoms with Crippen LogP contribution in [0.25, 0.3) is 0 Å². The second-order valence-corrected chi connectivity index (χ2v) is 2.10. The molecule has 1 atom stereocenters. The molecule has 11 heavy (non-hydrogen) atoms. The summed E-state index contributed by atoms with van der Waals surface area (Å²) >= 11 is 0. The van der Waals surface area contributed by atoms with Gasteiger partial charge in [-0.25, -0.2) is 8.78 Å². The number of rotatable bonds is 1. The van der Waals surface area contributed by atoms with Crippen LogP contribution in [0.1, 0.15) is 0 Å². The fraction of sp³-hybridized carbons (Fsp3) is 1.00. The van der Waals surface area contributed by atoms with Crippen LogP contribution in [0.15, 0.2) is 0 Å². The first-order chi connectivity index (χ1) is 4.30. The van der Waals surface area contributed by atoms with Gasteiger partial charge < -0.3 is 10.6 Å². The lowest BCUT2D eigenvalue weighted by Gasteiger charge is -2.23. The van der Waals surface area contributed by atoms with Gasteiger partial charge in [0.15, 0.2) is 0 Å². The Morgan fingerprint density at radius 2 is 1.82 bits per heavy atom. The predicted octanol–water partition coefficient (Wildman–Crippen LogP) is 0.656. The van der Waals surface area contributed by atoms with Crippen molar-refractivity contribution in [3.8, 4) is 0 Å². The molecule has 0 amide bonds. The first kappa shape index (κ1) is 13.9. The molecule has 1 rings (SSSR count). The Morgan fingerprint density at radius 1 is 1.18 bits per heavy atom. The van der Waals surface area contributed by atoms with E-state index in [0.717, 1.165) is 6.54 Å². The van der Waals surface area contributed by atoms with Crippen molar-refractivity contribution in [3.63, 3.8) is 0 Å². The lowest BCUT2D eigenvalue weighted by atomic mass is 10.2. The van der Waals surface area contributed by atoms with Gasteiger partial charge >= 0.3 is 0 Å². The van der Waals surface area contributed by atoms with E-state index in [0.29, 0.717) is 13.1 Å². The topological polar surface area (TPSA) is 24.1 Å². The molecule has 1 heterocycles. The maximum absolute atomic E-state index is 11.8. The minimum atomic E-state index is -2.24. The molecule has 1 aliphatic heterocycles. The van der Waals surface area contributed by atoms with Gasteiger partial charge in [-0.2, -0.15) is 0 Å². The van der Waals surface area contributed by atoms with Crippen LogP contribution in [0.2, 0.25) is 0 Å². The molecule has 2 N–H and O–H groups in total. The Hall–Kier alpha value is 0.360.